The fourth-order valence-electron chi connectivity index (χ4n) is 3.32. The predicted molar refractivity (Wildman–Crippen MR) is 101 cm³/mol. The van der Waals surface area contributed by atoms with Crippen LogP contribution in [-0.2, 0) is 0 Å². The first-order valence-electron chi connectivity index (χ1n) is 8.82. The molecule has 1 aliphatic heterocycles. The molecule has 0 aromatic carbocycles. The van der Waals surface area contributed by atoms with Crippen molar-refractivity contribution in [1.29, 1.82) is 0 Å². The van der Waals surface area contributed by atoms with Crippen LogP contribution >= 0.6 is 0 Å². The minimum Gasteiger partial charge on any atom is -0.356 e. The zero-order chi connectivity index (χ0) is 17.8. The fraction of sp³-hybridized carbons (Fsp3) is 0.316. The number of rotatable bonds is 4. The van der Waals surface area contributed by atoms with Crippen molar-refractivity contribution in [2.75, 3.05) is 23.3 Å². The van der Waals surface area contributed by atoms with Gasteiger partial charge in [0, 0.05) is 43.8 Å². The molecule has 0 radical (unpaired) electrons. The molecule has 0 aliphatic carbocycles. The van der Waals surface area contributed by atoms with Gasteiger partial charge in [0.1, 0.15) is 17.5 Å². The second-order valence-corrected chi connectivity index (χ2v) is 6.42. The van der Waals surface area contributed by atoms with Crippen LogP contribution in [0.2, 0.25) is 0 Å². The summed E-state index contributed by atoms with van der Waals surface area (Å²) in [6.45, 7) is 3.90. The molecule has 7 nitrogen and oxygen atoms in total. The number of hydrogen-bond donors (Lipinski definition) is 1. The minimum absolute atomic E-state index is 0.444. The molecule has 3 aromatic heterocycles. The Bertz CT molecular complexity index is 869. The molecule has 1 unspecified atom stereocenters. The Morgan fingerprint density at radius 1 is 1.04 bits per heavy atom. The third-order valence-corrected chi connectivity index (χ3v) is 4.57. The lowest BCUT2D eigenvalue weighted by molar-refractivity contribution is 0.506. The van der Waals surface area contributed by atoms with E-state index >= 15 is 0 Å². The van der Waals surface area contributed by atoms with E-state index in [4.69, 9.17) is 0 Å². The van der Waals surface area contributed by atoms with Crippen LogP contribution in [0.25, 0.3) is 0 Å². The van der Waals surface area contributed by atoms with Crippen molar-refractivity contribution in [3.63, 3.8) is 0 Å². The third kappa shape index (κ3) is 3.77. The van der Waals surface area contributed by atoms with Crippen LogP contribution in [0.3, 0.4) is 0 Å². The van der Waals surface area contributed by atoms with Gasteiger partial charge in [-0.05, 0) is 49.6 Å². The Labute approximate surface area is 152 Å². The molecule has 3 aromatic rings. The normalized spacial score (nSPS) is 17.1. The molecule has 26 heavy (non-hydrogen) atoms. The summed E-state index contributed by atoms with van der Waals surface area (Å²) in [5.41, 5.74) is 1.27. The van der Waals surface area contributed by atoms with Crippen molar-refractivity contribution in [3.8, 4) is 0 Å². The highest BCUT2D eigenvalue weighted by Gasteiger charge is 2.23. The van der Waals surface area contributed by atoms with E-state index in [0.717, 1.165) is 43.4 Å². The molecule has 1 atom stereocenters. The molecule has 1 fully saturated rings. The zero-order valence-corrected chi connectivity index (χ0v) is 14.7. The van der Waals surface area contributed by atoms with Gasteiger partial charge in [0.25, 0.3) is 0 Å². The maximum atomic E-state index is 4.57. The maximum Gasteiger partial charge on any atom is 0.228 e. The molecule has 132 valence electrons. The first-order valence-corrected chi connectivity index (χ1v) is 8.82. The molecule has 7 heteroatoms. The van der Waals surface area contributed by atoms with E-state index in [2.05, 4.69) is 47.3 Å². The SMILES string of the molecule is Cc1nccc(N2CCCC(c3ccnc(Nc4ncccn4)c3)C2)n1. The highest BCUT2D eigenvalue weighted by Crippen LogP contribution is 2.30. The molecular formula is C19H21N7. The molecule has 0 bridgehead atoms. The van der Waals surface area contributed by atoms with Crippen LogP contribution in [0.4, 0.5) is 17.6 Å². The summed E-state index contributed by atoms with van der Waals surface area (Å²) in [5, 5.41) is 3.17. The van der Waals surface area contributed by atoms with Gasteiger partial charge in [-0.25, -0.2) is 24.9 Å². The summed E-state index contributed by atoms with van der Waals surface area (Å²) < 4.78 is 0. The Balaban J connectivity index is 1.51. The van der Waals surface area contributed by atoms with Gasteiger partial charge in [-0.1, -0.05) is 0 Å². The molecular weight excluding hydrogens is 326 g/mol. The Kier molecular flexibility index (Phi) is 4.68. The quantitative estimate of drug-likeness (QED) is 0.777. The maximum absolute atomic E-state index is 4.57. The van der Waals surface area contributed by atoms with Crippen molar-refractivity contribution in [2.24, 2.45) is 0 Å². The Morgan fingerprint density at radius 3 is 2.73 bits per heavy atom. The topological polar surface area (TPSA) is 79.7 Å². The van der Waals surface area contributed by atoms with E-state index in [0.29, 0.717) is 11.9 Å². The van der Waals surface area contributed by atoms with Crippen LogP contribution in [0.1, 0.15) is 30.1 Å². The second-order valence-electron chi connectivity index (χ2n) is 6.42. The van der Waals surface area contributed by atoms with Crippen LogP contribution in [-0.4, -0.2) is 38.0 Å². The van der Waals surface area contributed by atoms with Gasteiger partial charge < -0.3 is 10.2 Å². The average molecular weight is 347 g/mol. The molecule has 0 amide bonds. The monoisotopic (exact) mass is 347 g/mol. The number of hydrogen-bond acceptors (Lipinski definition) is 7. The molecule has 1 aliphatic rings. The van der Waals surface area contributed by atoms with Crippen molar-refractivity contribution >= 4 is 17.6 Å². The first-order chi connectivity index (χ1) is 12.8. The lowest BCUT2D eigenvalue weighted by atomic mass is 9.91. The van der Waals surface area contributed by atoms with Gasteiger partial charge in [-0.15, -0.1) is 0 Å². The molecule has 1 N–H and O–H groups in total. The standard InChI is InChI=1S/C19H21N7/c1-14-20-10-6-18(24-14)26-11-2-4-16(13-26)15-5-9-21-17(12-15)25-19-22-7-3-8-23-19/h3,5-10,12,16H,2,4,11,13H2,1H3,(H,21,22,23,25). The number of aromatic nitrogens is 5. The lowest BCUT2D eigenvalue weighted by Crippen LogP contribution is -2.35. The second kappa shape index (κ2) is 7.43. The van der Waals surface area contributed by atoms with E-state index in [1.165, 1.54) is 5.56 Å². The highest BCUT2D eigenvalue weighted by molar-refractivity contribution is 5.49. The summed E-state index contributed by atoms with van der Waals surface area (Å²) >= 11 is 0. The van der Waals surface area contributed by atoms with Gasteiger partial charge in [0.05, 0.1) is 0 Å². The molecule has 0 saturated carbocycles. The van der Waals surface area contributed by atoms with Crippen molar-refractivity contribution < 1.29 is 0 Å². The van der Waals surface area contributed by atoms with Crippen molar-refractivity contribution in [1.82, 2.24) is 24.9 Å². The van der Waals surface area contributed by atoms with Gasteiger partial charge in [0.15, 0.2) is 0 Å². The average Bonchev–Trinajstić information content (AvgIpc) is 2.69. The first kappa shape index (κ1) is 16.4. The van der Waals surface area contributed by atoms with E-state index in [9.17, 15) is 0 Å². The highest BCUT2D eigenvalue weighted by atomic mass is 15.2. The number of anilines is 3. The van der Waals surface area contributed by atoms with Gasteiger partial charge in [-0.3, -0.25) is 0 Å². The third-order valence-electron chi connectivity index (χ3n) is 4.57. The summed E-state index contributed by atoms with van der Waals surface area (Å²) in [5.74, 6) is 3.58. The van der Waals surface area contributed by atoms with E-state index in [1.54, 1.807) is 18.5 Å². The Hall–Kier alpha value is -3.09. The van der Waals surface area contributed by atoms with Crippen LogP contribution < -0.4 is 10.2 Å². The van der Waals surface area contributed by atoms with E-state index in [-0.39, 0.29) is 0 Å². The smallest absolute Gasteiger partial charge is 0.228 e. The van der Waals surface area contributed by atoms with Crippen molar-refractivity contribution in [2.45, 2.75) is 25.7 Å². The van der Waals surface area contributed by atoms with Gasteiger partial charge in [0.2, 0.25) is 5.95 Å². The van der Waals surface area contributed by atoms with Crippen LogP contribution in [0.15, 0.2) is 49.1 Å². The number of nitrogens with one attached hydrogen (secondary N) is 1. The number of aryl methyl sites for hydroxylation is 1. The summed E-state index contributed by atoms with van der Waals surface area (Å²) in [7, 11) is 0. The fourth-order valence-corrected chi connectivity index (χ4v) is 3.32. The van der Waals surface area contributed by atoms with Crippen molar-refractivity contribution in [3.05, 3.63) is 60.4 Å². The molecule has 4 rings (SSSR count). The number of pyridine rings is 1. The largest absolute Gasteiger partial charge is 0.356 e. The summed E-state index contributed by atoms with van der Waals surface area (Å²) in [6.07, 6.45) is 9.39. The van der Waals surface area contributed by atoms with Gasteiger partial charge in [-0.2, -0.15) is 0 Å². The lowest BCUT2D eigenvalue weighted by Gasteiger charge is -2.34. The summed E-state index contributed by atoms with van der Waals surface area (Å²) in [4.78, 5) is 23.9. The number of piperidine rings is 1. The van der Waals surface area contributed by atoms with E-state index < -0.39 is 0 Å². The zero-order valence-electron chi connectivity index (χ0n) is 14.7. The van der Waals surface area contributed by atoms with Crippen LogP contribution in [0, 0.1) is 6.92 Å². The van der Waals surface area contributed by atoms with Crippen LogP contribution in [0.5, 0.6) is 0 Å². The minimum atomic E-state index is 0.444. The molecule has 4 heterocycles. The van der Waals surface area contributed by atoms with E-state index in [1.807, 2.05) is 25.4 Å². The van der Waals surface area contributed by atoms with Gasteiger partial charge >= 0.3 is 0 Å². The summed E-state index contributed by atoms with van der Waals surface area (Å²) in [6, 6.07) is 7.97. The molecule has 1 saturated heterocycles. The molecule has 0 spiro atoms. The Morgan fingerprint density at radius 2 is 1.88 bits per heavy atom. The number of nitrogens with zero attached hydrogens (tertiary/aromatic N) is 6. The predicted octanol–water partition coefficient (Wildman–Crippen LogP) is 3.10.